The Kier molecular flexibility index (Phi) is 6.43. The van der Waals surface area contributed by atoms with E-state index in [1.165, 1.54) is 0 Å². The summed E-state index contributed by atoms with van der Waals surface area (Å²) < 4.78 is 30.1. The van der Waals surface area contributed by atoms with Gasteiger partial charge < -0.3 is 9.84 Å². The average Bonchev–Trinajstić information content (AvgIpc) is 2.00. The molecule has 0 fully saturated rings. The summed E-state index contributed by atoms with van der Waals surface area (Å²) in [5, 5.41) is 8.19. The highest BCUT2D eigenvalue weighted by Gasteiger charge is 2.00. The van der Waals surface area contributed by atoms with E-state index in [-0.39, 0.29) is 13.2 Å². The maximum absolute atomic E-state index is 10.5. The molecule has 0 heterocycles. The van der Waals surface area contributed by atoms with Crippen LogP contribution in [0.25, 0.3) is 0 Å². The first-order valence-corrected chi connectivity index (χ1v) is 5.87. The maximum atomic E-state index is 10.5. The van der Waals surface area contributed by atoms with Crippen molar-refractivity contribution in [3.8, 4) is 0 Å². The number of carbonyl (C=O) groups is 1. The molecular formula is C7H14O6S. The number of rotatable bonds is 8. The Bertz CT molecular complexity index is 257. The van der Waals surface area contributed by atoms with Crippen LogP contribution in [0.1, 0.15) is 12.8 Å². The molecule has 0 aromatic heterocycles. The Morgan fingerprint density at radius 3 is 2.36 bits per heavy atom. The van der Waals surface area contributed by atoms with Gasteiger partial charge in [0.15, 0.2) is 0 Å². The van der Waals surface area contributed by atoms with Gasteiger partial charge in [-0.2, -0.15) is 8.42 Å². The van der Waals surface area contributed by atoms with Crippen LogP contribution in [0.2, 0.25) is 0 Å². The van der Waals surface area contributed by atoms with Gasteiger partial charge in [0.1, 0.15) is 6.61 Å². The van der Waals surface area contributed by atoms with E-state index in [1.807, 2.05) is 0 Å². The molecule has 0 aromatic rings. The predicted molar refractivity (Wildman–Crippen MR) is 48.5 cm³/mol. The number of carboxylic acid groups (broad SMARTS) is 1. The second-order valence-electron chi connectivity index (χ2n) is 2.68. The number of carboxylic acids is 1. The number of ether oxygens (including phenoxy) is 1. The minimum Gasteiger partial charge on any atom is -0.480 e. The molecule has 0 atom stereocenters. The van der Waals surface area contributed by atoms with Crippen molar-refractivity contribution < 1.29 is 27.2 Å². The van der Waals surface area contributed by atoms with E-state index in [9.17, 15) is 13.2 Å². The Morgan fingerprint density at radius 2 is 1.86 bits per heavy atom. The van der Waals surface area contributed by atoms with Gasteiger partial charge in [-0.05, 0) is 12.8 Å². The lowest BCUT2D eigenvalue weighted by atomic mass is 10.3. The molecule has 0 rings (SSSR count). The summed E-state index contributed by atoms with van der Waals surface area (Å²) in [6.07, 6.45) is 2.07. The van der Waals surface area contributed by atoms with Crippen LogP contribution in [0, 0.1) is 0 Å². The third kappa shape index (κ3) is 11.3. The third-order valence-electron chi connectivity index (χ3n) is 1.21. The zero-order chi connectivity index (χ0) is 11.0. The normalized spacial score (nSPS) is 11.5. The van der Waals surface area contributed by atoms with Crippen LogP contribution < -0.4 is 0 Å². The molecule has 6 nitrogen and oxygen atoms in total. The minimum atomic E-state index is -3.37. The van der Waals surface area contributed by atoms with E-state index in [1.54, 1.807) is 0 Å². The predicted octanol–water partition coefficient (Wildman–Crippen LogP) is -0.156. The molecule has 0 bridgehead atoms. The van der Waals surface area contributed by atoms with Gasteiger partial charge in [0.2, 0.25) is 0 Å². The monoisotopic (exact) mass is 226 g/mol. The largest absolute Gasteiger partial charge is 0.480 e. The molecule has 84 valence electrons. The fourth-order valence-corrected chi connectivity index (χ4v) is 1.10. The van der Waals surface area contributed by atoms with Gasteiger partial charge >= 0.3 is 5.97 Å². The van der Waals surface area contributed by atoms with Crippen molar-refractivity contribution in [3.05, 3.63) is 0 Å². The molecule has 0 unspecified atom stereocenters. The first-order chi connectivity index (χ1) is 6.42. The molecule has 0 aliphatic heterocycles. The first kappa shape index (κ1) is 13.3. The van der Waals surface area contributed by atoms with Crippen molar-refractivity contribution in [2.24, 2.45) is 0 Å². The second-order valence-corrected chi connectivity index (χ2v) is 4.32. The minimum absolute atomic E-state index is 0.106. The van der Waals surface area contributed by atoms with Gasteiger partial charge in [-0.15, -0.1) is 0 Å². The fourth-order valence-electron chi connectivity index (χ4n) is 0.676. The zero-order valence-corrected chi connectivity index (χ0v) is 8.75. The molecule has 0 amide bonds. The van der Waals surface area contributed by atoms with Gasteiger partial charge in [-0.1, -0.05) is 0 Å². The van der Waals surface area contributed by atoms with Crippen molar-refractivity contribution in [1.29, 1.82) is 0 Å². The van der Waals surface area contributed by atoms with Crippen LogP contribution in [-0.2, 0) is 23.8 Å². The van der Waals surface area contributed by atoms with Crippen LogP contribution in [-0.4, -0.2) is 45.6 Å². The quantitative estimate of drug-likeness (QED) is 0.457. The molecule has 0 aromatic carbocycles. The van der Waals surface area contributed by atoms with Crippen LogP contribution in [0.5, 0.6) is 0 Å². The van der Waals surface area contributed by atoms with Crippen LogP contribution in [0.15, 0.2) is 0 Å². The van der Waals surface area contributed by atoms with Crippen molar-refractivity contribution in [2.75, 3.05) is 26.1 Å². The Hall–Kier alpha value is -0.660. The molecule has 0 aliphatic carbocycles. The van der Waals surface area contributed by atoms with E-state index in [0.29, 0.717) is 19.4 Å². The van der Waals surface area contributed by atoms with Crippen molar-refractivity contribution >= 4 is 16.1 Å². The maximum Gasteiger partial charge on any atom is 0.329 e. The van der Waals surface area contributed by atoms with Gasteiger partial charge in [0.25, 0.3) is 10.1 Å². The van der Waals surface area contributed by atoms with E-state index < -0.39 is 16.1 Å². The molecule has 0 saturated carbocycles. The lowest BCUT2D eigenvalue weighted by molar-refractivity contribution is -0.142. The molecule has 14 heavy (non-hydrogen) atoms. The number of unbranched alkanes of at least 4 members (excludes halogenated alkanes) is 1. The summed E-state index contributed by atoms with van der Waals surface area (Å²) in [6.45, 7) is 0.0711. The van der Waals surface area contributed by atoms with Crippen LogP contribution in [0.3, 0.4) is 0 Å². The van der Waals surface area contributed by atoms with Crippen LogP contribution in [0.4, 0.5) is 0 Å². The number of hydrogen-bond acceptors (Lipinski definition) is 5. The molecule has 1 N–H and O–H groups in total. The van der Waals surface area contributed by atoms with E-state index in [0.717, 1.165) is 6.26 Å². The highest BCUT2D eigenvalue weighted by Crippen LogP contribution is 1.94. The zero-order valence-electron chi connectivity index (χ0n) is 7.93. The Balaban J connectivity index is 3.19. The van der Waals surface area contributed by atoms with Gasteiger partial charge in [0, 0.05) is 6.61 Å². The molecule has 7 heteroatoms. The summed E-state index contributed by atoms with van der Waals surface area (Å²) in [4.78, 5) is 9.99. The van der Waals surface area contributed by atoms with Gasteiger partial charge in [-0.25, -0.2) is 4.79 Å². The molecule has 0 radical (unpaired) electrons. The summed E-state index contributed by atoms with van der Waals surface area (Å²) in [5.41, 5.74) is 0. The molecule has 0 aliphatic rings. The number of aliphatic carboxylic acids is 1. The lowest BCUT2D eigenvalue weighted by Crippen LogP contribution is -2.09. The molecule has 0 saturated heterocycles. The smallest absolute Gasteiger partial charge is 0.329 e. The highest BCUT2D eigenvalue weighted by molar-refractivity contribution is 7.85. The lowest BCUT2D eigenvalue weighted by Gasteiger charge is -2.01. The summed E-state index contributed by atoms with van der Waals surface area (Å²) in [5.74, 6) is -1.02. The summed E-state index contributed by atoms with van der Waals surface area (Å²) in [7, 11) is -3.37. The van der Waals surface area contributed by atoms with E-state index >= 15 is 0 Å². The summed E-state index contributed by atoms with van der Waals surface area (Å²) in [6, 6.07) is 0. The highest BCUT2D eigenvalue weighted by atomic mass is 32.2. The van der Waals surface area contributed by atoms with E-state index in [2.05, 4.69) is 4.18 Å². The van der Waals surface area contributed by atoms with E-state index in [4.69, 9.17) is 9.84 Å². The Morgan fingerprint density at radius 1 is 1.29 bits per heavy atom. The van der Waals surface area contributed by atoms with Crippen molar-refractivity contribution in [1.82, 2.24) is 0 Å². The summed E-state index contributed by atoms with van der Waals surface area (Å²) >= 11 is 0. The number of hydrogen-bond donors (Lipinski definition) is 1. The standard InChI is InChI=1S/C7H14O6S/c1-14(10,11)13-5-3-2-4-12-6-7(8)9/h2-6H2,1H3,(H,8,9). The van der Waals surface area contributed by atoms with Gasteiger partial charge in [-0.3, -0.25) is 4.18 Å². The fraction of sp³-hybridized carbons (Fsp3) is 0.857. The van der Waals surface area contributed by atoms with Crippen molar-refractivity contribution in [2.45, 2.75) is 12.8 Å². The Labute approximate surface area is 82.9 Å². The van der Waals surface area contributed by atoms with Crippen molar-refractivity contribution in [3.63, 3.8) is 0 Å². The molecular weight excluding hydrogens is 212 g/mol. The molecule has 0 spiro atoms. The van der Waals surface area contributed by atoms with Gasteiger partial charge in [0.05, 0.1) is 12.9 Å². The average molecular weight is 226 g/mol. The second kappa shape index (κ2) is 6.74. The third-order valence-corrected chi connectivity index (χ3v) is 1.80. The first-order valence-electron chi connectivity index (χ1n) is 4.06. The SMILES string of the molecule is CS(=O)(=O)OCCCCOCC(=O)O. The topological polar surface area (TPSA) is 89.9 Å². The van der Waals surface area contributed by atoms with Crippen LogP contribution >= 0.6 is 0 Å².